The largest absolute Gasteiger partial charge is 0.294 e. The normalized spacial score (nSPS) is 9.33. The third-order valence-electron chi connectivity index (χ3n) is 0.461. The van der Waals surface area contributed by atoms with E-state index in [1.807, 2.05) is 5.32 Å². The number of carbonyl (C=O) groups excluding carboxylic acids is 2. The van der Waals surface area contributed by atoms with Gasteiger partial charge in [-0.05, 0) is 0 Å². The van der Waals surface area contributed by atoms with E-state index < -0.39 is 16.7 Å². The van der Waals surface area contributed by atoms with E-state index in [-0.39, 0.29) is 0 Å². The Morgan fingerprint density at radius 1 is 1.33 bits per heavy atom. The summed E-state index contributed by atoms with van der Waals surface area (Å²) in [5, 5.41) is 1.86. The standard InChI is InChI=1S/C4H4Cl2NO2/c1-2(8)7-4(9)3(5)6/h1H3,(H,7,8,9). The Morgan fingerprint density at radius 2 is 1.78 bits per heavy atom. The van der Waals surface area contributed by atoms with E-state index in [2.05, 4.69) is 0 Å². The van der Waals surface area contributed by atoms with Crippen LogP contribution in [-0.2, 0) is 9.59 Å². The molecule has 0 fully saturated rings. The molecule has 3 nitrogen and oxygen atoms in total. The summed E-state index contributed by atoms with van der Waals surface area (Å²) in [7, 11) is 0. The quantitative estimate of drug-likeness (QED) is 0.625. The van der Waals surface area contributed by atoms with E-state index >= 15 is 0 Å². The Bertz CT molecular complexity index is 135. The van der Waals surface area contributed by atoms with Crippen LogP contribution in [-0.4, -0.2) is 11.8 Å². The maximum atomic E-state index is 10.3. The summed E-state index contributed by atoms with van der Waals surface area (Å²) < 4.78 is 0. The molecule has 0 spiro atoms. The molecule has 1 radical (unpaired) electrons. The zero-order valence-electron chi connectivity index (χ0n) is 4.57. The zero-order valence-corrected chi connectivity index (χ0v) is 6.08. The first-order chi connectivity index (χ1) is 4.04. The molecule has 1 N–H and O–H groups in total. The summed E-state index contributed by atoms with van der Waals surface area (Å²) in [5.74, 6) is -1.26. The first-order valence-electron chi connectivity index (χ1n) is 2.04. The summed E-state index contributed by atoms with van der Waals surface area (Å²) in [6, 6.07) is 0. The van der Waals surface area contributed by atoms with E-state index in [1.165, 1.54) is 6.92 Å². The van der Waals surface area contributed by atoms with Gasteiger partial charge in [-0.2, -0.15) is 0 Å². The molecular weight excluding hydrogens is 165 g/mol. The van der Waals surface area contributed by atoms with Gasteiger partial charge in [0.15, 0.2) is 0 Å². The van der Waals surface area contributed by atoms with Crippen molar-refractivity contribution in [3.8, 4) is 0 Å². The Hall–Kier alpha value is -0.280. The molecule has 0 aliphatic heterocycles. The third-order valence-corrected chi connectivity index (χ3v) is 0.804. The number of rotatable bonds is 1. The van der Waals surface area contributed by atoms with Gasteiger partial charge >= 0.3 is 0 Å². The maximum Gasteiger partial charge on any atom is 0.266 e. The second-order valence-corrected chi connectivity index (χ2v) is 2.22. The first kappa shape index (κ1) is 8.72. The fourth-order valence-corrected chi connectivity index (χ4v) is 0.302. The summed E-state index contributed by atoms with van der Waals surface area (Å²) in [6.45, 7) is 1.19. The molecule has 9 heavy (non-hydrogen) atoms. The lowest BCUT2D eigenvalue weighted by molar-refractivity contribution is -0.127. The molecule has 51 valence electrons. The van der Waals surface area contributed by atoms with Gasteiger partial charge in [0.2, 0.25) is 10.7 Å². The lowest BCUT2D eigenvalue weighted by Gasteiger charge is -1.96. The number of nitrogens with one attached hydrogen (secondary N) is 1. The van der Waals surface area contributed by atoms with E-state index in [4.69, 9.17) is 23.2 Å². The van der Waals surface area contributed by atoms with Crippen LogP contribution in [0.1, 0.15) is 6.92 Å². The van der Waals surface area contributed by atoms with Gasteiger partial charge in [-0.25, -0.2) is 0 Å². The number of imide groups is 1. The minimum atomic E-state index is -0.772. The molecule has 0 atom stereocenters. The van der Waals surface area contributed by atoms with Crippen LogP contribution in [0.4, 0.5) is 0 Å². The van der Waals surface area contributed by atoms with Gasteiger partial charge in [-0.1, -0.05) is 23.2 Å². The van der Waals surface area contributed by atoms with Gasteiger partial charge in [0.25, 0.3) is 5.91 Å². The Labute approximate surface area is 62.3 Å². The molecule has 0 aromatic heterocycles. The number of hydrogen-bond donors (Lipinski definition) is 1. The van der Waals surface area contributed by atoms with E-state index in [0.29, 0.717) is 0 Å². The van der Waals surface area contributed by atoms with Gasteiger partial charge < -0.3 is 0 Å². The van der Waals surface area contributed by atoms with Crippen molar-refractivity contribution in [1.29, 1.82) is 0 Å². The van der Waals surface area contributed by atoms with E-state index in [1.54, 1.807) is 0 Å². The highest BCUT2D eigenvalue weighted by atomic mass is 35.5. The van der Waals surface area contributed by atoms with Crippen LogP contribution in [0.2, 0.25) is 0 Å². The molecule has 0 aliphatic rings. The van der Waals surface area contributed by atoms with Gasteiger partial charge in [0.1, 0.15) is 0 Å². The summed E-state index contributed by atoms with van der Waals surface area (Å²) in [6.07, 6.45) is 0. The minimum absolute atomic E-state index is 0.467. The molecule has 0 bridgehead atoms. The van der Waals surface area contributed by atoms with Crippen molar-refractivity contribution >= 4 is 35.0 Å². The second kappa shape index (κ2) is 3.69. The molecule has 0 heterocycles. The molecule has 0 aliphatic carbocycles. The number of carbonyl (C=O) groups is 2. The molecule has 0 unspecified atom stereocenters. The van der Waals surface area contributed by atoms with Crippen molar-refractivity contribution in [2.24, 2.45) is 0 Å². The molecule has 0 rings (SSSR count). The summed E-state index contributed by atoms with van der Waals surface area (Å²) >= 11 is 9.98. The van der Waals surface area contributed by atoms with Crippen molar-refractivity contribution in [2.45, 2.75) is 6.92 Å². The summed E-state index contributed by atoms with van der Waals surface area (Å²) in [4.78, 5) is 19.9. The highest BCUT2D eigenvalue weighted by molar-refractivity contribution is 6.63. The zero-order chi connectivity index (χ0) is 7.44. The number of amides is 2. The molecule has 5 heteroatoms. The fourth-order valence-electron chi connectivity index (χ4n) is 0.207. The molecule has 0 saturated heterocycles. The topological polar surface area (TPSA) is 46.2 Å². The predicted molar refractivity (Wildman–Crippen MR) is 33.8 cm³/mol. The van der Waals surface area contributed by atoms with Crippen LogP contribution in [0, 0.1) is 4.84 Å². The van der Waals surface area contributed by atoms with E-state index in [9.17, 15) is 9.59 Å². The first-order valence-corrected chi connectivity index (χ1v) is 2.79. The van der Waals surface area contributed by atoms with E-state index in [0.717, 1.165) is 0 Å². The van der Waals surface area contributed by atoms with Gasteiger partial charge in [-0.15, -0.1) is 0 Å². The lowest BCUT2D eigenvalue weighted by atomic mass is 10.6. The Morgan fingerprint density at radius 3 is 1.89 bits per heavy atom. The monoisotopic (exact) mass is 168 g/mol. The molecule has 0 aromatic carbocycles. The Kier molecular flexibility index (Phi) is 3.58. The predicted octanol–water partition coefficient (Wildman–Crippen LogP) is 0.616. The lowest BCUT2D eigenvalue weighted by Crippen LogP contribution is -2.29. The highest BCUT2D eigenvalue weighted by Gasteiger charge is 2.13. The fraction of sp³-hybridized carbons (Fsp3) is 0.250. The third kappa shape index (κ3) is 4.24. The molecule has 0 aromatic rings. The highest BCUT2D eigenvalue weighted by Crippen LogP contribution is 2.10. The van der Waals surface area contributed by atoms with Crippen LogP contribution in [0.15, 0.2) is 0 Å². The van der Waals surface area contributed by atoms with Gasteiger partial charge in [0.05, 0.1) is 0 Å². The molecular formula is C4H4Cl2NO2. The van der Waals surface area contributed by atoms with Crippen molar-refractivity contribution < 1.29 is 9.59 Å². The number of halogens is 2. The minimum Gasteiger partial charge on any atom is -0.294 e. The van der Waals surface area contributed by atoms with Crippen LogP contribution in [0.3, 0.4) is 0 Å². The van der Waals surface area contributed by atoms with Crippen LogP contribution in [0.25, 0.3) is 0 Å². The van der Waals surface area contributed by atoms with Gasteiger partial charge in [0, 0.05) is 6.92 Å². The van der Waals surface area contributed by atoms with Crippen LogP contribution in [0.5, 0.6) is 0 Å². The molecule has 0 saturated carbocycles. The van der Waals surface area contributed by atoms with Crippen molar-refractivity contribution in [2.75, 3.05) is 0 Å². The van der Waals surface area contributed by atoms with Crippen molar-refractivity contribution in [3.05, 3.63) is 4.84 Å². The molecule has 2 amide bonds. The number of hydrogen-bond acceptors (Lipinski definition) is 2. The average Bonchev–Trinajstić information content (AvgIpc) is 1.63. The van der Waals surface area contributed by atoms with Gasteiger partial charge in [-0.3, -0.25) is 14.9 Å². The smallest absolute Gasteiger partial charge is 0.266 e. The SMILES string of the molecule is CC(=O)NC(=O)[C](Cl)Cl. The summed E-state index contributed by atoms with van der Waals surface area (Å²) in [5.41, 5.74) is 0. The van der Waals surface area contributed by atoms with Crippen LogP contribution < -0.4 is 5.32 Å². The van der Waals surface area contributed by atoms with Crippen LogP contribution >= 0.6 is 23.2 Å². The van der Waals surface area contributed by atoms with Crippen molar-refractivity contribution in [1.82, 2.24) is 5.32 Å². The second-order valence-electron chi connectivity index (χ2n) is 1.27. The average molecular weight is 169 g/mol. The maximum absolute atomic E-state index is 10.3. The van der Waals surface area contributed by atoms with Crippen molar-refractivity contribution in [3.63, 3.8) is 0 Å². The Balaban J connectivity index is 3.64.